The Morgan fingerprint density at radius 1 is 1.17 bits per heavy atom. The van der Waals surface area contributed by atoms with Crippen molar-refractivity contribution < 1.29 is 0 Å². The summed E-state index contributed by atoms with van der Waals surface area (Å²) in [6.07, 6.45) is 4.38. The number of nitrogens with two attached hydrogens (primary N) is 1. The first kappa shape index (κ1) is 10.1. The third-order valence-corrected chi connectivity index (χ3v) is 7.38. The van der Waals surface area contributed by atoms with Crippen molar-refractivity contribution in [2.45, 2.75) is 19.3 Å². The molecule has 3 nitrogen and oxygen atoms in total. The van der Waals surface area contributed by atoms with Crippen LogP contribution in [0.2, 0.25) is 0 Å². The van der Waals surface area contributed by atoms with E-state index < -0.39 is 0 Å². The van der Waals surface area contributed by atoms with Crippen molar-refractivity contribution in [3.05, 3.63) is 12.3 Å². The summed E-state index contributed by atoms with van der Waals surface area (Å²) in [6, 6.07) is 0. The Hall–Kier alpha value is -0.770. The van der Waals surface area contributed by atoms with Crippen LogP contribution in [0.3, 0.4) is 0 Å². The van der Waals surface area contributed by atoms with Crippen molar-refractivity contribution in [1.29, 1.82) is 0 Å². The maximum atomic E-state index is 5.51. The minimum Gasteiger partial charge on any atom is -0.375 e. The van der Waals surface area contributed by atoms with Crippen molar-refractivity contribution in [2.75, 3.05) is 0 Å². The van der Waals surface area contributed by atoms with Gasteiger partial charge in [-0.1, -0.05) is 6.58 Å². The lowest BCUT2D eigenvalue weighted by molar-refractivity contribution is 0.0761. The Bertz CT molecular complexity index is 487. The van der Waals surface area contributed by atoms with Crippen LogP contribution in [0.25, 0.3) is 0 Å². The predicted octanol–water partition coefficient (Wildman–Crippen LogP) is 1.38. The van der Waals surface area contributed by atoms with Crippen LogP contribution < -0.4 is 16.6 Å². The summed E-state index contributed by atoms with van der Waals surface area (Å²) < 4.78 is 0. The molecule has 0 aromatic carbocycles. The highest BCUT2D eigenvalue weighted by Crippen LogP contribution is 2.88. The van der Waals surface area contributed by atoms with Gasteiger partial charge in [0.15, 0.2) is 5.11 Å². The maximum Gasteiger partial charge on any atom is 0.182 e. The summed E-state index contributed by atoms with van der Waals surface area (Å²) in [7, 11) is 0. The second-order valence-corrected chi connectivity index (χ2v) is 7.61. The van der Waals surface area contributed by atoms with Crippen LogP contribution in [0, 0.1) is 46.8 Å². The third kappa shape index (κ3) is 0.771. The van der Waals surface area contributed by atoms with Crippen LogP contribution in [0.5, 0.6) is 0 Å². The highest BCUT2D eigenvalue weighted by Gasteiger charge is 2.83. The molecule has 6 fully saturated rings. The molecule has 6 aliphatic rings. The van der Waals surface area contributed by atoms with Crippen molar-refractivity contribution in [2.24, 2.45) is 52.6 Å². The van der Waals surface area contributed by atoms with E-state index in [0.29, 0.717) is 10.5 Å². The first-order chi connectivity index (χ1) is 8.64. The zero-order valence-corrected chi connectivity index (χ0v) is 11.2. The molecule has 4 heteroatoms. The molecule has 4 N–H and O–H groups in total. The molecule has 0 unspecified atom stereocenters. The molecule has 0 aromatic heterocycles. The maximum absolute atomic E-state index is 5.51. The van der Waals surface area contributed by atoms with Crippen LogP contribution in [0.4, 0.5) is 0 Å². The summed E-state index contributed by atoms with van der Waals surface area (Å²) in [5.41, 5.74) is 13.2. The molecule has 0 saturated heterocycles. The first-order valence-corrected chi connectivity index (χ1v) is 7.56. The molecular weight excluding hydrogens is 242 g/mol. The van der Waals surface area contributed by atoms with Crippen LogP contribution in [0.1, 0.15) is 19.3 Å². The number of thiocarbonyl (C=S) groups is 1. The van der Waals surface area contributed by atoms with E-state index in [1.165, 1.54) is 25.0 Å². The Morgan fingerprint density at radius 3 is 2.72 bits per heavy atom. The fourth-order valence-electron chi connectivity index (χ4n) is 7.41. The Morgan fingerprint density at radius 2 is 1.94 bits per heavy atom. The molecule has 6 saturated carbocycles. The van der Waals surface area contributed by atoms with Gasteiger partial charge in [0.1, 0.15) is 0 Å². The largest absolute Gasteiger partial charge is 0.375 e. The summed E-state index contributed by atoms with van der Waals surface area (Å²) in [6.45, 7) is 4.34. The molecule has 6 bridgehead atoms. The van der Waals surface area contributed by atoms with Crippen LogP contribution in [-0.2, 0) is 0 Å². The smallest absolute Gasteiger partial charge is 0.182 e. The molecule has 0 spiro atoms. The van der Waals surface area contributed by atoms with Gasteiger partial charge in [0, 0.05) is 11.1 Å². The van der Waals surface area contributed by atoms with E-state index >= 15 is 0 Å². The van der Waals surface area contributed by atoms with Gasteiger partial charge in [-0.15, -0.1) is 0 Å². The normalized spacial score (nSPS) is 59.9. The van der Waals surface area contributed by atoms with Gasteiger partial charge in [-0.05, 0) is 72.9 Å². The van der Waals surface area contributed by atoms with Crippen molar-refractivity contribution >= 4 is 17.3 Å². The molecule has 96 valence electrons. The van der Waals surface area contributed by atoms with Gasteiger partial charge < -0.3 is 11.2 Å². The van der Waals surface area contributed by atoms with Gasteiger partial charge in [0.2, 0.25) is 0 Å². The van der Waals surface area contributed by atoms with E-state index in [4.69, 9.17) is 18.0 Å². The van der Waals surface area contributed by atoms with E-state index in [0.717, 1.165) is 41.4 Å². The summed E-state index contributed by atoms with van der Waals surface area (Å²) in [5, 5.41) is 0.307. The number of allylic oxidation sites excluding steroid dienone is 1. The number of hydrogen-bond acceptors (Lipinski definition) is 2. The zero-order chi connectivity index (χ0) is 12.2. The van der Waals surface area contributed by atoms with Gasteiger partial charge in [-0.3, -0.25) is 5.43 Å². The first-order valence-electron chi connectivity index (χ1n) is 7.15. The fraction of sp³-hybridized carbons (Fsp3) is 0.786. The number of nitrogens with one attached hydrogen (secondary N) is 2. The molecule has 0 amide bonds. The molecule has 8 atom stereocenters. The predicted molar refractivity (Wildman–Crippen MR) is 72.9 cm³/mol. The number of hydrogen-bond donors (Lipinski definition) is 3. The topological polar surface area (TPSA) is 50.1 Å². The second-order valence-electron chi connectivity index (χ2n) is 7.17. The molecular formula is C14H19N3S. The summed E-state index contributed by atoms with van der Waals surface area (Å²) in [5.74, 6) is 7.02. The standard InChI is InChI=1S/C14H19N3S/c1-5(16-17-13(15)18)14-4-9-7-2-6-8(12(7)14)3-10(14)11(6)9/h6-12,16H,1-4H2,(H3,15,17,18)/t6-,7-,8-,9-,10+,11+,12+,14+/m1/s1. The second kappa shape index (κ2) is 2.72. The lowest BCUT2D eigenvalue weighted by Crippen LogP contribution is -2.48. The van der Waals surface area contributed by atoms with E-state index in [-0.39, 0.29) is 0 Å². The average molecular weight is 261 g/mol. The summed E-state index contributed by atoms with van der Waals surface area (Å²) in [4.78, 5) is 0. The van der Waals surface area contributed by atoms with Crippen LogP contribution in [0.15, 0.2) is 12.3 Å². The molecule has 0 aromatic rings. The highest BCUT2D eigenvalue weighted by molar-refractivity contribution is 7.80. The molecule has 0 heterocycles. The van der Waals surface area contributed by atoms with E-state index in [9.17, 15) is 0 Å². The number of hydrazine groups is 1. The van der Waals surface area contributed by atoms with Crippen molar-refractivity contribution in [3.63, 3.8) is 0 Å². The quantitative estimate of drug-likeness (QED) is 0.530. The monoisotopic (exact) mass is 261 g/mol. The van der Waals surface area contributed by atoms with Gasteiger partial charge in [-0.25, -0.2) is 0 Å². The Kier molecular flexibility index (Phi) is 1.52. The Balaban J connectivity index is 1.52. The zero-order valence-electron chi connectivity index (χ0n) is 10.4. The van der Waals surface area contributed by atoms with E-state index in [1.54, 1.807) is 0 Å². The van der Waals surface area contributed by atoms with Crippen LogP contribution >= 0.6 is 12.2 Å². The minimum absolute atomic E-state index is 0.307. The van der Waals surface area contributed by atoms with Crippen LogP contribution in [-0.4, -0.2) is 5.11 Å². The summed E-state index contributed by atoms with van der Waals surface area (Å²) >= 11 is 4.87. The van der Waals surface area contributed by atoms with Gasteiger partial charge >= 0.3 is 0 Å². The van der Waals surface area contributed by atoms with Gasteiger partial charge in [0.05, 0.1) is 0 Å². The molecule has 6 aliphatic carbocycles. The molecule has 0 radical (unpaired) electrons. The van der Waals surface area contributed by atoms with E-state index in [1.807, 2.05) is 0 Å². The fourth-order valence-corrected chi connectivity index (χ4v) is 7.46. The van der Waals surface area contributed by atoms with Gasteiger partial charge in [-0.2, -0.15) is 0 Å². The Labute approximate surface area is 113 Å². The van der Waals surface area contributed by atoms with Crippen molar-refractivity contribution in [3.8, 4) is 0 Å². The highest BCUT2D eigenvalue weighted by atomic mass is 32.1. The molecule has 0 aliphatic heterocycles. The van der Waals surface area contributed by atoms with E-state index in [2.05, 4.69) is 17.4 Å². The minimum atomic E-state index is 0.307. The van der Waals surface area contributed by atoms with Gasteiger partial charge in [0.25, 0.3) is 0 Å². The SMILES string of the molecule is C=C(NNC(N)=S)[C@@]12C[C@@H]3[C@H]4C[C@@H]5[C@@H](C[C@H]1[C@H]35)[C@H]42. The lowest BCUT2D eigenvalue weighted by Gasteiger charge is -2.43. The molecule has 18 heavy (non-hydrogen) atoms. The number of rotatable bonds is 3. The average Bonchev–Trinajstić information content (AvgIpc) is 2.98. The van der Waals surface area contributed by atoms with Crippen molar-refractivity contribution in [1.82, 2.24) is 10.9 Å². The lowest BCUT2D eigenvalue weighted by atomic mass is 9.62. The third-order valence-electron chi connectivity index (χ3n) is 7.27. The molecule has 6 rings (SSSR count).